The van der Waals surface area contributed by atoms with Crippen LogP contribution in [-0.4, -0.2) is 16.2 Å². The topological polar surface area (TPSA) is 33.5 Å². The van der Waals surface area contributed by atoms with E-state index in [9.17, 15) is 4.11 Å². The number of benzene rings is 10. The Morgan fingerprint density at radius 3 is 1.69 bits per heavy atom. The first-order valence-corrected chi connectivity index (χ1v) is 27.6. The third-order valence-electron chi connectivity index (χ3n) is 15.8. The maximum Gasteiger partial charge on any atom is 0.137 e. The lowest BCUT2D eigenvalue weighted by molar-refractivity contribution is 0.483. The van der Waals surface area contributed by atoms with Gasteiger partial charge in [-0.2, -0.15) is 0 Å². The standard InChI is InChI=1S/C75H64N4O/c1-50-43-71(76-48-66(50)52-23-12-9-13-24-52)79-67-32-15-14-29-64(67)72-65(54-37-41-58(42-38-54)75(5,6)7)46-61(47-70(72)79)80-60-28-19-27-59(45-60)77-49-78(69-34-17-16-33-68(69)77)73-62(53-35-39-57(40-36-53)74(2,3)4)30-20-31-63(73)56-26-18-25-55(44-56)51-21-10-8-11-22-51/h8-48H,49H2,1-7H3/i19D,27D,28D. The lowest BCUT2D eigenvalue weighted by Gasteiger charge is -2.28. The first-order valence-electron chi connectivity index (χ1n) is 29.1. The minimum Gasteiger partial charge on any atom is -0.457 e. The summed E-state index contributed by atoms with van der Waals surface area (Å²) in [6.07, 6.45) is 1.96. The molecule has 0 unspecified atom stereocenters. The van der Waals surface area contributed by atoms with Crippen LogP contribution >= 0.6 is 0 Å². The second-order valence-electron chi connectivity index (χ2n) is 23.1. The third kappa shape index (κ3) is 9.28. The van der Waals surface area contributed by atoms with E-state index in [1.165, 1.54) is 11.1 Å². The van der Waals surface area contributed by atoms with E-state index in [4.69, 9.17) is 9.72 Å². The molecule has 0 atom stereocenters. The molecule has 0 radical (unpaired) electrons. The molecule has 1 aliphatic rings. The fourth-order valence-electron chi connectivity index (χ4n) is 11.6. The van der Waals surface area contributed by atoms with E-state index in [1.807, 2.05) is 30.5 Å². The van der Waals surface area contributed by atoms with Gasteiger partial charge >= 0.3 is 0 Å². The van der Waals surface area contributed by atoms with Crippen molar-refractivity contribution in [3.63, 3.8) is 0 Å². The lowest BCUT2D eigenvalue weighted by atomic mass is 9.85. The zero-order valence-corrected chi connectivity index (χ0v) is 46.3. The maximum absolute atomic E-state index is 9.67. The summed E-state index contributed by atoms with van der Waals surface area (Å²) < 4.78 is 37.9. The number of ether oxygens (including phenoxy) is 1. The van der Waals surface area contributed by atoms with Crippen molar-refractivity contribution in [3.8, 4) is 73.0 Å². The summed E-state index contributed by atoms with van der Waals surface area (Å²) in [4.78, 5) is 9.61. The molecular weight excluding hydrogens is 973 g/mol. The fourth-order valence-corrected chi connectivity index (χ4v) is 11.6. The van der Waals surface area contributed by atoms with Crippen LogP contribution in [0.2, 0.25) is 0 Å². The van der Waals surface area contributed by atoms with Crippen molar-refractivity contribution in [2.75, 3.05) is 16.5 Å². The van der Waals surface area contributed by atoms with Crippen LogP contribution in [0.1, 0.15) is 62.3 Å². The van der Waals surface area contributed by atoms with Crippen LogP contribution in [0, 0.1) is 6.92 Å². The fraction of sp³-hybridized carbons (Fsp3) is 0.133. The molecule has 0 fully saturated rings. The molecule has 1 aliphatic heterocycles. The number of anilines is 4. The molecule has 390 valence electrons. The van der Waals surface area contributed by atoms with E-state index >= 15 is 0 Å². The third-order valence-corrected chi connectivity index (χ3v) is 15.8. The van der Waals surface area contributed by atoms with Gasteiger partial charge in [-0.05, 0) is 122 Å². The number of rotatable bonds is 10. The lowest BCUT2D eigenvalue weighted by Crippen LogP contribution is -2.25. The van der Waals surface area contributed by atoms with Gasteiger partial charge in [0, 0.05) is 51.5 Å². The molecule has 0 saturated carbocycles. The van der Waals surface area contributed by atoms with Gasteiger partial charge in [-0.25, -0.2) is 4.98 Å². The van der Waals surface area contributed by atoms with Crippen LogP contribution in [0.5, 0.6) is 11.5 Å². The Hall–Kier alpha value is -9.45. The first-order chi connectivity index (χ1) is 40.1. The second-order valence-corrected chi connectivity index (χ2v) is 23.1. The molecule has 10 aromatic carbocycles. The molecule has 13 rings (SSSR count). The molecule has 0 saturated heterocycles. The molecule has 3 heterocycles. The molecule has 0 amide bonds. The van der Waals surface area contributed by atoms with E-state index in [-0.39, 0.29) is 34.7 Å². The summed E-state index contributed by atoms with van der Waals surface area (Å²) >= 11 is 0. The molecule has 5 nitrogen and oxygen atoms in total. The first kappa shape index (κ1) is 46.6. The van der Waals surface area contributed by atoms with E-state index in [0.717, 1.165) is 106 Å². The largest absolute Gasteiger partial charge is 0.457 e. The molecule has 12 aromatic rings. The maximum atomic E-state index is 9.67. The molecular formula is C75H64N4O. The number of aromatic nitrogens is 2. The highest BCUT2D eigenvalue weighted by Gasteiger charge is 2.32. The Morgan fingerprint density at radius 1 is 0.450 bits per heavy atom. The van der Waals surface area contributed by atoms with Crippen molar-refractivity contribution in [1.29, 1.82) is 0 Å². The number of para-hydroxylation sites is 4. The van der Waals surface area contributed by atoms with Crippen molar-refractivity contribution < 1.29 is 8.85 Å². The van der Waals surface area contributed by atoms with Gasteiger partial charge in [0.05, 0.1) is 32.2 Å². The molecule has 0 bridgehead atoms. The smallest absolute Gasteiger partial charge is 0.137 e. The Kier molecular flexibility index (Phi) is 11.7. The SMILES string of the molecule is [2H]c1c(Oc2cc(-c3ccc(C(C)(C)C)cc3)c3c4ccccc4n(-c4cc(C)c(-c5ccccc5)cn4)c3c2)cc(N2CN(c3c(-c4ccc(C(C)(C)C)cc4)cccc3-c3cccc(-c4ccccc4)c3)c3ccccc32)c([2H])c1[2H]. The van der Waals surface area contributed by atoms with Crippen molar-refractivity contribution in [2.24, 2.45) is 0 Å². The number of aryl methyl sites for hydroxylation is 1. The van der Waals surface area contributed by atoms with Crippen LogP contribution in [-0.2, 0) is 10.8 Å². The molecule has 0 N–H and O–H groups in total. The van der Waals surface area contributed by atoms with Crippen LogP contribution < -0.4 is 14.5 Å². The highest BCUT2D eigenvalue weighted by Crippen LogP contribution is 2.51. The van der Waals surface area contributed by atoms with Crippen LogP contribution in [0.15, 0.2) is 249 Å². The second kappa shape index (κ2) is 20.1. The van der Waals surface area contributed by atoms with Gasteiger partial charge in [0.15, 0.2) is 0 Å². The predicted octanol–water partition coefficient (Wildman–Crippen LogP) is 20.5. The Morgan fingerprint density at radius 2 is 1.01 bits per heavy atom. The van der Waals surface area contributed by atoms with E-state index in [2.05, 4.69) is 257 Å². The summed E-state index contributed by atoms with van der Waals surface area (Å²) in [6.45, 7) is 15.8. The minimum atomic E-state index is -0.224. The van der Waals surface area contributed by atoms with Gasteiger partial charge in [-0.15, -0.1) is 0 Å². The minimum absolute atomic E-state index is 0.0166. The van der Waals surface area contributed by atoms with E-state index in [1.54, 1.807) is 6.07 Å². The van der Waals surface area contributed by atoms with Crippen LogP contribution in [0.3, 0.4) is 0 Å². The summed E-state index contributed by atoms with van der Waals surface area (Å²) in [5.74, 6) is 1.43. The molecule has 5 heteroatoms. The average Bonchev–Trinajstić information content (AvgIpc) is 2.31. The van der Waals surface area contributed by atoms with Gasteiger partial charge in [-0.3, -0.25) is 4.57 Å². The number of hydrogen-bond acceptors (Lipinski definition) is 4. The highest BCUT2D eigenvalue weighted by molar-refractivity contribution is 6.16. The molecule has 80 heavy (non-hydrogen) atoms. The highest BCUT2D eigenvalue weighted by atomic mass is 16.5. The molecule has 2 aromatic heterocycles. The van der Waals surface area contributed by atoms with Gasteiger partial charge in [-0.1, -0.05) is 224 Å². The Bertz CT molecular complexity index is 4440. The summed E-state index contributed by atoms with van der Waals surface area (Å²) in [5.41, 5.74) is 19.4. The number of nitrogens with zero attached hydrogens (tertiary/aromatic N) is 4. The van der Waals surface area contributed by atoms with Gasteiger partial charge in [0.2, 0.25) is 0 Å². The summed E-state index contributed by atoms with van der Waals surface area (Å²) in [7, 11) is 0. The van der Waals surface area contributed by atoms with Crippen molar-refractivity contribution >= 4 is 44.6 Å². The number of hydrogen-bond donors (Lipinski definition) is 0. The van der Waals surface area contributed by atoms with Gasteiger partial charge in [0.25, 0.3) is 0 Å². The zero-order chi connectivity index (χ0) is 57.3. The normalized spacial score (nSPS) is 13.1. The van der Waals surface area contributed by atoms with Crippen molar-refractivity contribution in [1.82, 2.24) is 9.55 Å². The van der Waals surface area contributed by atoms with Crippen LogP contribution in [0.4, 0.5) is 22.7 Å². The Labute approximate surface area is 474 Å². The molecule has 0 aliphatic carbocycles. The van der Waals surface area contributed by atoms with Gasteiger partial charge in [0.1, 0.15) is 24.0 Å². The van der Waals surface area contributed by atoms with Crippen molar-refractivity contribution in [3.05, 3.63) is 265 Å². The van der Waals surface area contributed by atoms with Crippen LogP contribution in [0.25, 0.3) is 83.3 Å². The number of fused-ring (bicyclic) bond motifs is 4. The summed E-state index contributed by atoms with van der Waals surface area (Å²) in [6, 6.07) is 78.2. The summed E-state index contributed by atoms with van der Waals surface area (Å²) in [5, 5.41) is 2.11. The van der Waals surface area contributed by atoms with E-state index in [0.29, 0.717) is 18.1 Å². The van der Waals surface area contributed by atoms with Gasteiger partial charge < -0.3 is 14.5 Å². The quantitative estimate of drug-likeness (QED) is 0.137. The monoisotopic (exact) mass is 1040 g/mol. The number of pyridine rings is 1. The van der Waals surface area contributed by atoms with E-state index < -0.39 is 0 Å². The zero-order valence-electron chi connectivity index (χ0n) is 49.3. The Balaban J connectivity index is 0.958. The van der Waals surface area contributed by atoms with Crippen molar-refractivity contribution in [2.45, 2.75) is 59.3 Å². The average molecular weight is 1040 g/mol. The predicted molar refractivity (Wildman–Crippen MR) is 336 cm³/mol. The molecule has 0 spiro atoms.